The molecule has 0 saturated heterocycles. The highest BCUT2D eigenvalue weighted by Gasteiger charge is 2.35. The first-order valence-corrected chi connectivity index (χ1v) is 4.45. The minimum atomic E-state index is -4.28. The van der Waals surface area contributed by atoms with E-state index in [2.05, 4.69) is 10.2 Å². The topological polar surface area (TPSA) is 69.2 Å². The van der Waals surface area contributed by atoms with Crippen LogP contribution in [-0.2, 0) is 13.1 Å². The molecule has 0 spiro atoms. The van der Waals surface area contributed by atoms with Crippen LogP contribution in [-0.4, -0.2) is 38.9 Å². The standard InChI is InChI=1S/C8H8F3N3O2/c9-8(10,11)3-14-1-4-5(2-14)12-13-6(4)7(15)16/h1-3H2,(H,12,13)(H,15,16). The lowest BCUT2D eigenvalue weighted by molar-refractivity contribution is -0.147. The highest BCUT2D eigenvalue weighted by Crippen LogP contribution is 2.27. The highest BCUT2D eigenvalue weighted by atomic mass is 19.4. The third-order valence-corrected chi connectivity index (χ3v) is 2.32. The third kappa shape index (κ3) is 2.01. The number of hydrogen-bond donors (Lipinski definition) is 2. The van der Waals surface area contributed by atoms with Crippen molar-refractivity contribution in [2.45, 2.75) is 19.3 Å². The number of nitrogens with zero attached hydrogens (tertiary/aromatic N) is 2. The van der Waals surface area contributed by atoms with Crippen LogP contribution >= 0.6 is 0 Å². The van der Waals surface area contributed by atoms with Gasteiger partial charge in [0.25, 0.3) is 0 Å². The number of halogens is 3. The zero-order chi connectivity index (χ0) is 11.9. The number of nitrogens with one attached hydrogen (secondary N) is 1. The van der Waals surface area contributed by atoms with Crippen LogP contribution in [0.4, 0.5) is 13.2 Å². The summed E-state index contributed by atoms with van der Waals surface area (Å²) in [5.74, 6) is -1.23. The van der Waals surface area contributed by atoms with Crippen LogP contribution in [0.2, 0.25) is 0 Å². The fourth-order valence-electron chi connectivity index (χ4n) is 1.75. The van der Waals surface area contributed by atoms with Gasteiger partial charge in [-0.25, -0.2) is 4.79 Å². The van der Waals surface area contributed by atoms with Crippen LogP contribution in [0.25, 0.3) is 0 Å². The number of aromatic nitrogens is 2. The summed E-state index contributed by atoms with van der Waals surface area (Å²) in [6.45, 7) is -1.03. The maximum atomic E-state index is 12.1. The van der Waals surface area contributed by atoms with Crippen LogP contribution in [0, 0.1) is 0 Å². The first kappa shape index (κ1) is 10.9. The van der Waals surface area contributed by atoms with Crippen molar-refractivity contribution in [1.82, 2.24) is 15.1 Å². The molecule has 8 heteroatoms. The monoisotopic (exact) mass is 235 g/mol. The number of aromatic amines is 1. The van der Waals surface area contributed by atoms with Gasteiger partial charge in [0.05, 0.1) is 12.2 Å². The number of rotatable bonds is 2. The van der Waals surface area contributed by atoms with Gasteiger partial charge in [-0.15, -0.1) is 0 Å². The summed E-state index contributed by atoms with van der Waals surface area (Å²) in [7, 11) is 0. The second-order valence-electron chi connectivity index (χ2n) is 3.59. The molecule has 1 aromatic heterocycles. The molecule has 0 fully saturated rings. The number of carboxylic acid groups (broad SMARTS) is 1. The molecule has 1 aliphatic rings. The van der Waals surface area contributed by atoms with Crippen LogP contribution in [0.5, 0.6) is 0 Å². The van der Waals surface area contributed by atoms with Crippen LogP contribution in [0.3, 0.4) is 0 Å². The molecule has 1 aromatic rings. The van der Waals surface area contributed by atoms with Gasteiger partial charge in [0.15, 0.2) is 5.69 Å². The zero-order valence-corrected chi connectivity index (χ0v) is 8.01. The molecule has 16 heavy (non-hydrogen) atoms. The molecule has 0 radical (unpaired) electrons. The van der Waals surface area contributed by atoms with E-state index in [0.717, 1.165) is 4.90 Å². The van der Waals surface area contributed by atoms with Gasteiger partial charge >= 0.3 is 12.1 Å². The van der Waals surface area contributed by atoms with Crippen molar-refractivity contribution in [3.63, 3.8) is 0 Å². The van der Waals surface area contributed by atoms with Crippen LogP contribution in [0.1, 0.15) is 21.7 Å². The Morgan fingerprint density at radius 3 is 2.75 bits per heavy atom. The number of alkyl halides is 3. The zero-order valence-electron chi connectivity index (χ0n) is 8.01. The van der Waals surface area contributed by atoms with Crippen molar-refractivity contribution < 1.29 is 23.1 Å². The smallest absolute Gasteiger partial charge is 0.401 e. The second kappa shape index (κ2) is 3.48. The molecular weight excluding hydrogens is 227 g/mol. The summed E-state index contributed by atoms with van der Waals surface area (Å²) in [6.07, 6.45) is -4.28. The van der Waals surface area contributed by atoms with Gasteiger partial charge in [-0.2, -0.15) is 18.3 Å². The van der Waals surface area contributed by atoms with Crippen molar-refractivity contribution in [1.29, 1.82) is 0 Å². The number of aromatic carboxylic acids is 1. The fraction of sp³-hybridized carbons (Fsp3) is 0.500. The van der Waals surface area contributed by atoms with Gasteiger partial charge in [-0.3, -0.25) is 10.00 Å². The first-order chi connectivity index (χ1) is 7.37. The Kier molecular flexibility index (Phi) is 2.38. The molecule has 2 N–H and O–H groups in total. The molecule has 2 rings (SSSR count). The van der Waals surface area contributed by atoms with Gasteiger partial charge in [-0.05, 0) is 0 Å². The molecule has 0 aromatic carbocycles. The maximum absolute atomic E-state index is 12.1. The molecule has 0 saturated carbocycles. The average Bonchev–Trinajstić information content (AvgIpc) is 2.57. The Morgan fingerprint density at radius 2 is 2.19 bits per heavy atom. The quantitative estimate of drug-likeness (QED) is 0.801. The molecule has 5 nitrogen and oxygen atoms in total. The molecule has 0 aliphatic carbocycles. The van der Waals surface area contributed by atoms with E-state index in [9.17, 15) is 18.0 Å². The number of fused-ring (bicyclic) bond motifs is 1. The Hall–Kier alpha value is -1.57. The normalized spacial score (nSPS) is 16.4. The Labute approximate surface area is 87.9 Å². The van der Waals surface area contributed by atoms with E-state index in [-0.39, 0.29) is 18.8 Å². The van der Waals surface area contributed by atoms with E-state index in [0.29, 0.717) is 11.3 Å². The number of hydrogen-bond acceptors (Lipinski definition) is 3. The maximum Gasteiger partial charge on any atom is 0.401 e. The van der Waals surface area contributed by atoms with Crippen molar-refractivity contribution in [2.75, 3.05) is 6.54 Å². The molecule has 2 heterocycles. The summed E-state index contributed by atoms with van der Waals surface area (Å²) in [5.41, 5.74) is 0.595. The van der Waals surface area contributed by atoms with Crippen molar-refractivity contribution in [2.24, 2.45) is 0 Å². The van der Waals surface area contributed by atoms with Crippen LogP contribution in [0.15, 0.2) is 0 Å². The van der Waals surface area contributed by atoms with E-state index in [1.54, 1.807) is 0 Å². The number of H-pyrrole nitrogens is 1. The van der Waals surface area contributed by atoms with E-state index in [4.69, 9.17) is 5.11 Å². The predicted octanol–water partition coefficient (Wildman–Crippen LogP) is 0.986. The van der Waals surface area contributed by atoms with Crippen molar-refractivity contribution >= 4 is 5.97 Å². The van der Waals surface area contributed by atoms with Gasteiger partial charge in [-0.1, -0.05) is 0 Å². The summed E-state index contributed by atoms with van der Waals surface area (Å²) in [6, 6.07) is 0. The van der Waals surface area contributed by atoms with Crippen molar-refractivity contribution in [3.05, 3.63) is 17.0 Å². The molecule has 88 valence electrons. The first-order valence-electron chi connectivity index (χ1n) is 4.45. The average molecular weight is 235 g/mol. The molecule has 0 bridgehead atoms. The largest absolute Gasteiger partial charge is 0.476 e. The lowest BCUT2D eigenvalue weighted by atomic mass is 10.2. The minimum Gasteiger partial charge on any atom is -0.476 e. The highest BCUT2D eigenvalue weighted by molar-refractivity contribution is 5.87. The van der Waals surface area contributed by atoms with Gasteiger partial charge in [0, 0.05) is 18.7 Å². The van der Waals surface area contributed by atoms with Gasteiger partial charge < -0.3 is 5.11 Å². The van der Waals surface area contributed by atoms with Crippen LogP contribution < -0.4 is 0 Å². The SMILES string of the molecule is O=C(O)c1n[nH]c2c1CN(CC(F)(F)F)C2. The Balaban J connectivity index is 2.13. The van der Waals surface area contributed by atoms with E-state index in [1.807, 2.05) is 0 Å². The number of carbonyl (C=O) groups is 1. The summed E-state index contributed by atoms with van der Waals surface area (Å²) in [4.78, 5) is 11.8. The van der Waals surface area contributed by atoms with E-state index in [1.165, 1.54) is 0 Å². The summed E-state index contributed by atoms with van der Waals surface area (Å²) < 4.78 is 36.3. The molecular formula is C8H8F3N3O2. The lowest BCUT2D eigenvalue weighted by Gasteiger charge is -2.16. The van der Waals surface area contributed by atoms with E-state index >= 15 is 0 Å². The Morgan fingerprint density at radius 1 is 1.50 bits per heavy atom. The third-order valence-electron chi connectivity index (χ3n) is 2.32. The Bertz CT molecular complexity index is 427. The summed E-state index contributed by atoms with van der Waals surface area (Å²) >= 11 is 0. The van der Waals surface area contributed by atoms with Crippen molar-refractivity contribution in [3.8, 4) is 0 Å². The molecule has 0 amide bonds. The molecule has 1 aliphatic heterocycles. The number of carboxylic acids is 1. The lowest BCUT2D eigenvalue weighted by Crippen LogP contribution is -2.30. The molecule has 0 atom stereocenters. The summed E-state index contributed by atoms with van der Waals surface area (Å²) in [5, 5.41) is 14.7. The second-order valence-corrected chi connectivity index (χ2v) is 3.59. The molecule has 0 unspecified atom stereocenters. The minimum absolute atomic E-state index is 0.0347. The fourth-order valence-corrected chi connectivity index (χ4v) is 1.75. The van der Waals surface area contributed by atoms with Gasteiger partial charge in [0.2, 0.25) is 0 Å². The van der Waals surface area contributed by atoms with Gasteiger partial charge in [0.1, 0.15) is 0 Å². The predicted molar refractivity (Wildman–Crippen MR) is 45.7 cm³/mol. The van der Waals surface area contributed by atoms with E-state index < -0.39 is 18.7 Å².